The van der Waals surface area contributed by atoms with Gasteiger partial charge in [-0.3, -0.25) is 4.79 Å². The molecule has 100 valence electrons. The lowest BCUT2D eigenvalue weighted by atomic mass is 9.98. The Bertz CT molecular complexity index is 694. The van der Waals surface area contributed by atoms with Gasteiger partial charge in [-0.2, -0.15) is 0 Å². The Morgan fingerprint density at radius 1 is 1.10 bits per heavy atom. The number of cyclic esters (lactones) is 1. The van der Waals surface area contributed by atoms with E-state index in [-0.39, 0.29) is 18.2 Å². The lowest BCUT2D eigenvalue weighted by Crippen LogP contribution is -2.08. The molecule has 0 saturated heterocycles. The maximum atomic E-state index is 12.3. The first-order valence-electron chi connectivity index (χ1n) is 6.24. The minimum absolute atomic E-state index is 0.104. The van der Waals surface area contributed by atoms with Crippen LogP contribution in [-0.2, 0) is 4.74 Å². The number of halogens is 1. The Hall–Kier alpha value is -2.13. The highest BCUT2D eigenvalue weighted by Crippen LogP contribution is 2.34. The highest BCUT2D eigenvalue weighted by molar-refractivity contribution is 6.34. The molecule has 1 aliphatic rings. The molecule has 2 aromatic rings. The minimum atomic E-state index is -0.525. The summed E-state index contributed by atoms with van der Waals surface area (Å²) in [6, 6.07) is 14.0. The number of carbonyl (C=O) groups excluding carboxylic acids is 2. The molecule has 0 aliphatic carbocycles. The summed E-state index contributed by atoms with van der Waals surface area (Å²) < 4.78 is 5.26. The fourth-order valence-electron chi connectivity index (χ4n) is 2.34. The van der Waals surface area contributed by atoms with Crippen molar-refractivity contribution in [2.24, 2.45) is 0 Å². The van der Waals surface area contributed by atoms with Crippen LogP contribution in [0.5, 0.6) is 0 Å². The van der Waals surface area contributed by atoms with E-state index in [1.165, 1.54) is 0 Å². The Labute approximate surface area is 121 Å². The predicted octanol–water partition coefficient (Wildman–Crippen LogP) is 3.82. The van der Waals surface area contributed by atoms with Crippen LogP contribution in [0.2, 0.25) is 5.02 Å². The van der Waals surface area contributed by atoms with Gasteiger partial charge in [0.05, 0.1) is 17.0 Å². The first kappa shape index (κ1) is 12.9. The number of ether oxygens (including phenoxy) is 1. The number of rotatable bonds is 3. The summed E-state index contributed by atoms with van der Waals surface area (Å²) in [6.45, 7) is 0. The van der Waals surface area contributed by atoms with E-state index >= 15 is 0 Å². The summed E-state index contributed by atoms with van der Waals surface area (Å²) in [4.78, 5) is 24.0. The fraction of sp³-hybridized carbons (Fsp3) is 0.125. The minimum Gasteiger partial charge on any atom is -0.453 e. The molecule has 0 fully saturated rings. The number of ketones is 1. The number of benzene rings is 2. The van der Waals surface area contributed by atoms with Gasteiger partial charge in [0.15, 0.2) is 5.78 Å². The molecule has 3 nitrogen and oxygen atoms in total. The second-order valence-corrected chi connectivity index (χ2v) is 5.00. The van der Waals surface area contributed by atoms with E-state index in [0.29, 0.717) is 16.1 Å². The van der Waals surface area contributed by atoms with Crippen LogP contribution in [0.3, 0.4) is 0 Å². The van der Waals surface area contributed by atoms with Gasteiger partial charge in [-0.15, -0.1) is 0 Å². The molecular weight excluding hydrogens is 276 g/mol. The normalized spacial score (nSPS) is 16.6. The first-order valence-corrected chi connectivity index (χ1v) is 6.62. The molecule has 0 amide bonds. The number of esters is 1. The Kier molecular flexibility index (Phi) is 3.28. The SMILES string of the molecule is O=C(CC1OC(=O)c2ccccc21)c1ccccc1Cl. The molecule has 0 radical (unpaired) electrons. The van der Waals surface area contributed by atoms with E-state index < -0.39 is 6.10 Å². The quantitative estimate of drug-likeness (QED) is 0.636. The number of carbonyl (C=O) groups is 2. The zero-order valence-electron chi connectivity index (χ0n) is 10.5. The average Bonchev–Trinajstić information content (AvgIpc) is 2.76. The smallest absolute Gasteiger partial charge is 0.339 e. The summed E-state index contributed by atoms with van der Waals surface area (Å²) >= 11 is 6.00. The molecule has 1 atom stereocenters. The third-order valence-corrected chi connectivity index (χ3v) is 3.65. The second kappa shape index (κ2) is 5.10. The monoisotopic (exact) mass is 286 g/mol. The third-order valence-electron chi connectivity index (χ3n) is 3.32. The van der Waals surface area contributed by atoms with Crippen molar-refractivity contribution in [2.45, 2.75) is 12.5 Å². The molecule has 0 N–H and O–H groups in total. The Morgan fingerprint density at radius 3 is 2.60 bits per heavy atom. The maximum Gasteiger partial charge on any atom is 0.339 e. The second-order valence-electron chi connectivity index (χ2n) is 4.59. The molecule has 0 spiro atoms. The Balaban J connectivity index is 1.85. The van der Waals surface area contributed by atoms with Gasteiger partial charge in [-0.25, -0.2) is 4.79 Å². The van der Waals surface area contributed by atoms with Gasteiger partial charge in [-0.1, -0.05) is 41.9 Å². The van der Waals surface area contributed by atoms with Gasteiger partial charge in [0.2, 0.25) is 0 Å². The lowest BCUT2D eigenvalue weighted by Gasteiger charge is -2.10. The van der Waals surface area contributed by atoms with Crippen LogP contribution in [0.15, 0.2) is 48.5 Å². The molecular formula is C16H11ClO3. The number of hydrogen-bond donors (Lipinski definition) is 0. The predicted molar refractivity (Wildman–Crippen MR) is 75.0 cm³/mol. The van der Waals surface area contributed by atoms with Crippen molar-refractivity contribution in [1.29, 1.82) is 0 Å². The van der Waals surface area contributed by atoms with Gasteiger partial charge < -0.3 is 4.74 Å². The fourth-order valence-corrected chi connectivity index (χ4v) is 2.58. The van der Waals surface area contributed by atoms with Gasteiger partial charge in [0.25, 0.3) is 0 Å². The molecule has 3 rings (SSSR count). The van der Waals surface area contributed by atoms with Gasteiger partial charge in [0.1, 0.15) is 6.10 Å². The van der Waals surface area contributed by atoms with Gasteiger partial charge in [0, 0.05) is 11.1 Å². The summed E-state index contributed by atoms with van der Waals surface area (Å²) in [7, 11) is 0. The van der Waals surface area contributed by atoms with Crippen molar-refractivity contribution < 1.29 is 14.3 Å². The van der Waals surface area contributed by atoms with Crippen LogP contribution >= 0.6 is 11.6 Å². The molecule has 4 heteroatoms. The van der Waals surface area contributed by atoms with Gasteiger partial charge in [-0.05, 0) is 18.2 Å². The number of Topliss-reactive ketones (excluding diaryl/α,β-unsaturated/α-hetero) is 1. The van der Waals surface area contributed by atoms with E-state index in [4.69, 9.17) is 16.3 Å². The van der Waals surface area contributed by atoms with Crippen molar-refractivity contribution in [3.05, 3.63) is 70.2 Å². The summed E-state index contributed by atoms with van der Waals surface area (Å²) in [5.41, 5.74) is 1.75. The van der Waals surface area contributed by atoms with Crippen molar-refractivity contribution >= 4 is 23.4 Å². The van der Waals surface area contributed by atoms with E-state index in [0.717, 1.165) is 5.56 Å². The van der Waals surface area contributed by atoms with E-state index in [2.05, 4.69) is 0 Å². The van der Waals surface area contributed by atoms with Crippen molar-refractivity contribution in [3.8, 4) is 0 Å². The molecule has 0 bridgehead atoms. The Morgan fingerprint density at radius 2 is 1.80 bits per heavy atom. The van der Waals surface area contributed by atoms with Crippen LogP contribution in [0.4, 0.5) is 0 Å². The van der Waals surface area contributed by atoms with E-state index in [9.17, 15) is 9.59 Å². The largest absolute Gasteiger partial charge is 0.453 e. The number of fused-ring (bicyclic) bond motifs is 1. The van der Waals surface area contributed by atoms with Crippen LogP contribution in [-0.4, -0.2) is 11.8 Å². The molecule has 1 unspecified atom stereocenters. The topological polar surface area (TPSA) is 43.4 Å². The lowest BCUT2D eigenvalue weighted by molar-refractivity contribution is 0.0367. The number of hydrogen-bond acceptors (Lipinski definition) is 3. The summed E-state index contributed by atoms with van der Waals surface area (Å²) in [5, 5.41) is 0.412. The highest BCUT2D eigenvalue weighted by atomic mass is 35.5. The van der Waals surface area contributed by atoms with E-state index in [1.807, 2.05) is 12.1 Å². The van der Waals surface area contributed by atoms with Crippen LogP contribution in [0.25, 0.3) is 0 Å². The zero-order chi connectivity index (χ0) is 14.1. The summed E-state index contributed by atoms with van der Waals surface area (Å²) in [6.07, 6.45) is -0.422. The molecule has 0 saturated carbocycles. The molecule has 1 aliphatic heterocycles. The standard InChI is InChI=1S/C16H11ClO3/c17-13-8-4-3-7-12(13)14(18)9-15-10-5-1-2-6-11(10)16(19)20-15/h1-8,15H,9H2. The van der Waals surface area contributed by atoms with Crippen molar-refractivity contribution in [2.75, 3.05) is 0 Å². The van der Waals surface area contributed by atoms with Gasteiger partial charge >= 0.3 is 5.97 Å². The van der Waals surface area contributed by atoms with E-state index in [1.54, 1.807) is 36.4 Å². The maximum absolute atomic E-state index is 12.3. The van der Waals surface area contributed by atoms with Crippen LogP contribution < -0.4 is 0 Å². The average molecular weight is 287 g/mol. The molecule has 0 aromatic heterocycles. The summed E-state index contributed by atoms with van der Waals surface area (Å²) in [5.74, 6) is -0.511. The first-order chi connectivity index (χ1) is 9.66. The molecule has 2 aromatic carbocycles. The molecule has 1 heterocycles. The van der Waals surface area contributed by atoms with Crippen molar-refractivity contribution in [3.63, 3.8) is 0 Å². The van der Waals surface area contributed by atoms with Crippen LogP contribution in [0, 0.1) is 0 Å². The highest BCUT2D eigenvalue weighted by Gasteiger charge is 2.32. The third kappa shape index (κ3) is 2.21. The zero-order valence-corrected chi connectivity index (χ0v) is 11.3. The molecule has 20 heavy (non-hydrogen) atoms. The van der Waals surface area contributed by atoms with Crippen molar-refractivity contribution in [1.82, 2.24) is 0 Å². The van der Waals surface area contributed by atoms with Crippen LogP contribution in [0.1, 0.15) is 38.8 Å².